The molecule has 0 heterocycles. The minimum absolute atomic E-state index is 0.0611. The molecule has 1 atom stereocenters. The molecule has 1 aliphatic rings. The molecule has 1 saturated carbocycles. The first-order valence-corrected chi connectivity index (χ1v) is 16.4. The summed E-state index contributed by atoms with van der Waals surface area (Å²) < 4.78 is 29.4. The van der Waals surface area contributed by atoms with E-state index in [-0.39, 0.29) is 23.4 Å². The highest BCUT2D eigenvalue weighted by atomic mass is 35.5. The van der Waals surface area contributed by atoms with E-state index in [1.807, 2.05) is 38.1 Å². The van der Waals surface area contributed by atoms with Crippen molar-refractivity contribution in [2.24, 2.45) is 0 Å². The third-order valence-corrected chi connectivity index (χ3v) is 10.1. The van der Waals surface area contributed by atoms with E-state index < -0.39 is 28.5 Å². The van der Waals surface area contributed by atoms with Crippen molar-refractivity contribution in [1.82, 2.24) is 10.2 Å². The molecule has 9 heteroatoms. The van der Waals surface area contributed by atoms with E-state index in [0.29, 0.717) is 22.7 Å². The third kappa shape index (κ3) is 7.53. The van der Waals surface area contributed by atoms with Gasteiger partial charge in [-0.3, -0.25) is 13.9 Å². The van der Waals surface area contributed by atoms with Gasteiger partial charge in [-0.1, -0.05) is 91.9 Å². The lowest BCUT2D eigenvalue weighted by Crippen LogP contribution is -2.53. The second kappa shape index (κ2) is 14.2. The molecule has 0 aliphatic heterocycles. The first-order valence-electron chi connectivity index (χ1n) is 14.6. The molecule has 3 aromatic rings. The van der Waals surface area contributed by atoms with E-state index >= 15 is 0 Å². The van der Waals surface area contributed by atoms with Crippen LogP contribution in [0.1, 0.15) is 62.6 Å². The zero-order chi connectivity index (χ0) is 30.3. The smallest absolute Gasteiger partial charge is 0.264 e. The summed E-state index contributed by atoms with van der Waals surface area (Å²) in [6, 6.07) is 20.2. The number of hydrogen-bond acceptors (Lipinski definition) is 4. The zero-order valence-corrected chi connectivity index (χ0v) is 26.1. The fourth-order valence-corrected chi connectivity index (χ4v) is 7.01. The van der Waals surface area contributed by atoms with Crippen LogP contribution in [0.4, 0.5) is 5.69 Å². The van der Waals surface area contributed by atoms with Crippen molar-refractivity contribution in [2.45, 2.75) is 82.8 Å². The monoisotopic (exact) mass is 609 g/mol. The molecule has 3 aromatic carbocycles. The maximum Gasteiger partial charge on any atom is 0.264 e. The Morgan fingerprint density at radius 3 is 2.19 bits per heavy atom. The molecule has 0 unspecified atom stereocenters. The maximum absolute atomic E-state index is 14.2. The number of anilines is 1. The molecule has 7 nitrogen and oxygen atoms in total. The predicted molar refractivity (Wildman–Crippen MR) is 168 cm³/mol. The molecule has 2 amide bonds. The highest BCUT2D eigenvalue weighted by Crippen LogP contribution is 2.29. The van der Waals surface area contributed by atoms with Gasteiger partial charge in [0.05, 0.1) is 10.6 Å². The standard InChI is InChI=1S/C33H40ClN3O4S/c1-4-26-12-9-11-17-31(26)37(42(40,41)29-20-18-24(2)19-21-29)23-32(38)36(22-27-13-8-10-16-30(27)34)25(3)33(39)35-28-14-6-5-7-15-28/h8-13,16-21,25,28H,4-7,14-15,22-23H2,1-3H3,(H,35,39)/t25-/m0/s1. The molecule has 4 rings (SSSR count). The van der Waals surface area contributed by atoms with Gasteiger partial charge in [0.1, 0.15) is 12.6 Å². The highest BCUT2D eigenvalue weighted by molar-refractivity contribution is 7.92. The van der Waals surface area contributed by atoms with Crippen LogP contribution in [0, 0.1) is 6.92 Å². The minimum atomic E-state index is -4.12. The number of carbonyl (C=O) groups excluding carboxylic acids is 2. The summed E-state index contributed by atoms with van der Waals surface area (Å²) in [5.41, 5.74) is 2.83. The minimum Gasteiger partial charge on any atom is -0.352 e. The van der Waals surface area contributed by atoms with Crippen LogP contribution in [-0.2, 0) is 32.6 Å². The normalized spacial score (nSPS) is 14.7. The van der Waals surface area contributed by atoms with E-state index in [0.717, 1.165) is 43.2 Å². The summed E-state index contributed by atoms with van der Waals surface area (Å²) in [4.78, 5) is 29.2. The van der Waals surface area contributed by atoms with Crippen LogP contribution in [0.25, 0.3) is 0 Å². The Morgan fingerprint density at radius 2 is 1.55 bits per heavy atom. The van der Waals surface area contributed by atoms with Crippen molar-refractivity contribution >= 4 is 39.1 Å². The Morgan fingerprint density at radius 1 is 0.929 bits per heavy atom. The first kappa shape index (κ1) is 31.6. The number of para-hydroxylation sites is 1. The number of amides is 2. The lowest BCUT2D eigenvalue weighted by molar-refractivity contribution is -0.139. The van der Waals surface area contributed by atoms with Crippen LogP contribution in [0.2, 0.25) is 5.02 Å². The summed E-state index contributed by atoms with van der Waals surface area (Å²) in [7, 11) is -4.12. The van der Waals surface area contributed by atoms with Gasteiger partial charge in [0.2, 0.25) is 11.8 Å². The lowest BCUT2D eigenvalue weighted by atomic mass is 9.95. The quantitative estimate of drug-likeness (QED) is 0.277. The average Bonchev–Trinajstić information content (AvgIpc) is 2.99. The Kier molecular flexibility index (Phi) is 10.7. The van der Waals surface area contributed by atoms with Crippen molar-refractivity contribution in [3.63, 3.8) is 0 Å². The third-order valence-electron chi connectivity index (χ3n) is 7.95. The molecular formula is C33H40ClN3O4S. The Labute approximate surface area is 254 Å². The largest absolute Gasteiger partial charge is 0.352 e. The highest BCUT2D eigenvalue weighted by Gasteiger charge is 2.34. The van der Waals surface area contributed by atoms with Gasteiger partial charge in [-0.15, -0.1) is 0 Å². The topological polar surface area (TPSA) is 86.8 Å². The number of carbonyl (C=O) groups is 2. The molecule has 1 fully saturated rings. The molecule has 0 aromatic heterocycles. The van der Waals surface area contributed by atoms with Crippen molar-refractivity contribution in [2.75, 3.05) is 10.8 Å². The number of benzene rings is 3. The molecule has 42 heavy (non-hydrogen) atoms. The molecule has 1 N–H and O–H groups in total. The van der Waals surface area contributed by atoms with Crippen LogP contribution in [0.15, 0.2) is 77.7 Å². The zero-order valence-electron chi connectivity index (χ0n) is 24.6. The van der Waals surface area contributed by atoms with Crippen LogP contribution in [-0.4, -0.2) is 43.8 Å². The molecular weight excluding hydrogens is 570 g/mol. The number of sulfonamides is 1. The van der Waals surface area contributed by atoms with Gasteiger partial charge < -0.3 is 10.2 Å². The summed E-state index contributed by atoms with van der Waals surface area (Å²) in [5, 5.41) is 3.59. The second-order valence-electron chi connectivity index (χ2n) is 10.9. The lowest BCUT2D eigenvalue weighted by Gasteiger charge is -2.34. The number of hydrogen-bond donors (Lipinski definition) is 1. The summed E-state index contributed by atoms with van der Waals surface area (Å²) in [6.07, 6.45) is 5.67. The summed E-state index contributed by atoms with van der Waals surface area (Å²) >= 11 is 6.47. The molecule has 224 valence electrons. The van der Waals surface area contributed by atoms with Gasteiger partial charge in [-0.05, 0) is 68.5 Å². The number of aryl methyl sites for hydroxylation is 2. The van der Waals surface area contributed by atoms with Crippen molar-refractivity contribution in [3.05, 3.63) is 94.5 Å². The van der Waals surface area contributed by atoms with Gasteiger partial charge in [-0.2, -0.15) is 0 Å². The van der Waals surface area contributed by atoms with Crippen LogP contribution >= 0.6 is 11.6 Å². The van der Waals surface area contributed by atoms with Crippen molar-refractivity contribution < 1.29 is 18.0 Å². The Balaban J connectivity index is 1.71. The van der Waals surface area contributed by atoms with E-state index in [1.54, 1.807) is 55.5 Å². The van der Waals surface area contributed by atoms with E-state index in [9.17, 15) is 18.0 Å². The SMILES string of the molecule is CCc1ccccc1N(CC(=O)N(Cc1ccccc1Cl)[C@@H](C)C(=O)NC1CCCCC1)S(=O)(=O)c1ccc(C)cc1. The van der Waals surface area contributed by atoms with E-state index in [2.05, 4.69) is 5.32 Å². The number of halogens is 1. The van der Waals surface area contributed by atoms with E-state index in [4.69, 9.17) is 11.6 Å². The van der Waals surface area contributed by atoms with Gasteiger partial charge in [0.25, 0.3) is 10.0 Å². The fourth-order valence-electron chi connectivity index (χ4n) is 5.37. The molecule has 0 saturated heterocycles. The number of rotatable bonds is 11. The second-order valence-corrected chi connectivity index (χ2v) is 13.2. The van der Waals surface area contributed by atoms with Crippen molar-refractivity contribution in [1.29, 1.82) is 0 Å². The Hall–Kier alpha value is -3.36. The predicted octanol–water partition coefficient (Wildman–Crippen LogP) is 6.27. The van der Waals surface area contributed by atoms with E-state index in [1.165, 1.54) is 9.21 Å². The fraction of sp³-hybridized carbons (Fsp3) is 0.394. The van der Waals surface area contributed by atoms with Crippen LogP contribution in [0.3, 0.4) is 0 Å². The van der Waals surface area contributed by atoms with Crippen LogP contribution in [0.5, 0.6) is 0 Å². The van der Waals surface area contributed by atoms with Gasteiger partial charge in [-0.25, -0.2) is 8.42 Å². The Bertz CT molecular complexity index is 1490. The number of nitrogens with one attached hydrogen (secondary N) is 1. The summed E-state index contributed by atoms with van der Waals surface area (Å²) in [6.45, 7) is 5.10. The summed E-state index contributed by atoms with van der Waals surface area (Å²) in [5.74, 6) is -0.757. The molecule has 0 bridgehead atoms. The van der Waals surface area contributed by atoms with Crippen molar-refractivity contribution in [3.8, 4) is 0 Å². The molecule has 1 aliphatic carbocycles. The van der Waals surface area contributed by atoms with Gasteiger partial charge in [0, 0.05) is 17.6 Å². The number of nitrogens with zero attached hydrogens (tertiary/aromatic N) is 2. The average molecular weight is 610 g/mol. The van der Waals surface area contributed by atoms with Gasteiger partial charge >= 0.3 is 0 Å². The molecule has 0 radical (unpaired) electrons. The first-order chi connectivity index (χ1) is 20.1. The van der Waals surface area contributed by atoms with Crippen LogP contribution < -0.4 is 9.62 Å². The molecule has 0 spiro atoms. The van der Waals surface area contributed by atoms with Gasteiger partial charge in [0.15, 0.2) is 0 Å². The maximum atomic E-state index is 14.2.